The molecular formula is C13H14F3N3OS. The summed E-state index contributed by atoms with van der Waals surface area (Å²) in [6, 6.07) is 7.90. The molecule has 1 aromatic carbocycles. The highest BCUT2D eigenvalue weighted by Crippen LogP contribution is 2.24. The Morgan fingerprint density at radius 2 is 2.05 bits per heavy atom. The van der Waals surface area contributed by atoms with E-state index in [1.165, 1.54) is 0 Å². The lowest BCUT2D eigenvalue weighted by atomic mass is 10.2. The number of halogens is 3. The summed E-state index contributed by atoms with van der Waals surface area (Å²) in [5.74, 6) is 1.12. The van der Waals surface area contributed by atoms with Crippen molar-refractivity contribution in [1.29, 1.82) is 0 Å². The van der Waals surface area contributed by atoms with Crippen LogP contribution in [0.3, 0.4) is 0 Å². The smallest absolute Gasteiger partial charge is 0.338 e. The number of hydrogen-bond donors (Lipinski definition) is 1. The Labute approximate surface area is 124 Å². The van der Waals surface area contributed by atoms with Gasteiger partial charge in [-0.2, -0.15) is 18.2 Å². The van der Waals surface area contributed by atoms with Crippen molar-refractivity contribution >= 4 is 11.8 Å². The summed E-state index contributed by atoms with van der Waals surface area (Å²) < 4.78 is 40.8. The minimum atomic E-state index is -4.25. The maximum atomic E-state index is 12.0. The number of rotatable bonds is 6. The quantitative estimate of drug-likeness (QED) is 0.828. The number of aromatic nitrogens is 2. The van der Waals surface area contributed by atoms with Gasteiger partial charge in [-0.3, -0.25) is 0 Å². The van der Waals surface area contributed by atoms with E-state index in [2.05, 4.69) is 15.5 Å². The number of hydrogen-bond acceptors (Lipinski definition) is 5. The van der Waals surface area contributed by atoms with Crippen LogP contribution in [0.15, 0.2) is 33.7 Å². The number of nitrogens with one attached hydrogen (secondary N) is 1. The standard InChI is InChI=1S/C13H14F3N3OS/c1-9-4-2-3-5-10(9)21-7-11-18-12(20-19-11)6-17-8-13(14,15)16/h2-5,17H,6-8H2,1H3. The predicted octanol–water partition coefficient (Wildman–Crippen LogP) is 3.32. The van der Waals surface area contributed by atoms with E-state index in [9.17, 15) is 13.2 Å². The first kappa shape index (κ1) is 15.8. The molecule has 2 rings (SSSR count). The van der Waals surface area contributed by atoms with Gasteiger partial charge in [-0.1, -0.05) is 23.4 Å². The van der Waals surface area contributed by atoms with Gasteiger partial charge in [0.2, 0.25) is 5.89 Å². The molecule has 0 saturated carbocycles. The zero-order chi connectivity index (χ0) is 15.3. The first-order valence-corrected chi connectivity index (χ1v) is 7.20. The largest absolute Gasteiger partial charge is 0.401 e. The van der Waals surface area contributed by atoms with Crippen LogP contribution in [0.25, 0.3) is 0 Å². The summed E-state index contributed by atoms with van der Waals surface area (Å²) >= 11 is 1.56. The average Bonchev–Trinajstić information content (AvgIpc) is 2.84. The molecule has 0 aliphatic heterocycles. The highest BCUT2D eigenvalue weighted by molar-refractivity contribution is 7.98. The first-order chi connectivity index (χ1) is 9.94. The molecule has 0 amide bonds. The Kier molecular flexibility index (Phi) is 5.24. The van der Waals surface area contributed by atoms with Crippen molar-refractivity contribution in [2.45, 2.75) is 30.3 Å². The van der Waals surface area contributed by atoms with Crippen LogP contribution in [0.4, 0.5) is 13.2 Å². The molecular weight excluding hydrogens is 303 g/mol. The van der Waals surface area contributed by atoms with E-state index in [0.29, 0.717) is 11.6 Å². The van der Waals surface area contributed by atoms with Gasteiger partial charge in [0.25, 0.3) is 0 Å². The second kappa shape index (κ2) is 6.95. The van der Waals surface area contributed by atoms with E-state index in [0.717, 1.165) is 10.5 Å². The van der Waals surface area contributed by atoms with Gasteiger partial charge >= 0.3 is 6.18 Å². The van der Waals surface area contributed by atoms with Crippen molar-refractivity contribution in [2.24, 2.45) is 0 Å². The van der Waals surface area contributed by atoms with Gasteiger partial charge in [0.1, 0.15) is 0 Å². The van der Waals surface area contributed by atoms with E-state index in [4.69, 9.17) is 4.52 Å². The maximum absolute atomic E-state index is 12.0. The molecule has 1 heterocycles. The number of benzene rings is 1. The molecule has 0 aliphatic rings. The molecule has 0 saturated heterocycles. The van der Waals surface area contributed by atoms with Crippen LogP contribution in [-0.2, 0) is 12.3 Å². The van der Waals surface area contributed by atoms with Gasteiger partial charge in [-0.05, 0) is 18.6 Å². The number of nitrogens with zero attached hydrogens (tertiary/aromatic N) is 2. The molecule has 114 valence electrons. The summed E-state index contributed by atoms with van der Waals surface area (Å²) in [7, 11) is 0. The lowest BCUT2D eigenvalue weighted by Gasteiger charge is -2.05. The van der Waals surface area contributed by atoms with Crippen molar-refractivity contribution in [3.63, 3.8) is 0 Å². The van der Waals surface area contributed by atoms with Crippen molar-refractivity contribution in [1.82, 2.24) is 15.5 Å². The van der Waals surface area contributed by atoms with Crippen LogP contribution >= 0.6 is 11.8 Å². The molecule has 0 bridgehead atoms. The van der Waals surface area contributed by atoms with Gasteiger partial charge in [-0.25, -0.2) is 0 Å². The Balaban J connectivity index is 1.82. The van der Waals surface area contributed by atoms with Gasteiger partial charge in [0, 0.05) is 4.90 Å². The Bertz CT molecular complexity index is 586. The summed E-state index contributed by atoms with van der Waals surface area (Å²) in [4.78, 5) is 5.16. The Hall–Kier alpha value is -1.54. The normalized spacial score (nSPS) is 11.8. The first-order valence-electron chi connectivity index (χ1n) is 6.21. The molecule has 1 aromatic heterocycles. The number of alkyl halides is 3. The molecule has 0 fully saturated rings. The minimum absolute atomic E-state index is 0.0957. The van der Waals surface area contributed by atoms with E-state index in [-0.39, 0.29) is 12.4 Å². The van der Waals surface area contributed by atoms with Crippen LogP contribution < -0.4 is 5.32 Å². The lowest BCUT2D eigenvalue weighted by Crippen LogP contribution is -2.28. The monoisotopic (exact) mass is 317 g/mol. The summed E-state index contributed by atoms with van der Waals surface area (Å²) in [5.41, 5.74) is 1.15. The van der Waals surface area contributed by atoms with Crippen LogP contribution in [0.1, 0.15) is 17.3 Å². The van der Waals surface area contributed by atoms with Crippen LogP contribution in [0, 0.1) is 6.92 Å². The number of thioether (sulfide) groups is 1. The molecule has 4 nitrogen and oxygen atoms in total. The molecule has 21 heavy (non-hydrogen) atoms. The second-order valence-electron chi connectivity index (χ2n) is 4.38. The minimum Gasteiger partial charge on any atom is -0.338 e. The maximum Gasteiger partial charge on any atom is 0.401 e. The van der Waals surface area contributed by atoms with Crippen LogP contribution in [-0.4, -0.2) is 22.9 Å². The fourth-order valence-corrected chi connectivity index (χ4v) is 2.46. The van der Waals surface area contributed by atoms with Crippen molar-refractivity contribution < 1.29 is 17.7 Å². The highest BCUT2D eigenvalue weighted by atomic mass is 32.2. The summed E-state index contributed by atoms with van der Waals surface area (Å²) in [6.45, 7) is 0.829. The van der Waals surface area contributed by atoms with E-state index in [1.54, 1.807) is 11.8 Å². The predicted molar refractivity (Wildman–Crippen MR) is 72.8 cm³/mol. The third kappa shape index (κ3) is 5.39. The third-order valence-electron chi connectivity index (χ3n) is 2.56. The molecule has 8 heteroatoms. The van der Waals surface area contributed by atoms with Crippen LogP contribution in [0.2, 0.25) is 0 Å². The SMILES string of the molecule is Cc1ccccc1SCc1noc(CNCC(F)(F)F)n1. The Morgan fingerprint density at radius 1 is 1.29 bits per heavy atom. The van der Waals surface area contributed by atoms with E-state index < -0.39 is 12.7 Å². The average molecular weight is 317 g/mol. The van der Waals surface area contributed by atoms with Crippen LogP contribution in [0.5, 0.6) is 0 Å². The Morgan fingerprint density at radius 3 is 2.76 bits per heavy atom. The third-order valence-corrected chi connectivity index (χ3v) is 3.73. The van der Waals surface area contributed by atoms with Crippen molar-refractivity contribution in [3.05, 3.63) is 41.5 Å². The topological polar surface area (TPSA) is 51.0 Å². The van der Waals surface area contributed by atoms with E-state index in [1.807, 2.05) is 31.2 Å². The fourth-order valence-electron chi connectivity index (χ4n) is 1.59. The summed E-state index contributed by atoms with van der Waals surface area (Å²) in [6.07, 6.45) is -4.25. The van der Waals surface area contributed by atoms with Crippen molar-refractivity contribution in [2.75, 3.05) is 6.54 Å². The van der Waals surface area contributed by atoms with Gasteiger partial charge < -0.3 is 9.84 Å². The molecule has 2 aromatic rings. The fraction of sp³-hybridized carbons (Fsp3) is 0.385. The lowest BCUT2D eigenvalue weighted by molar-refractivity contribution is -0.125. The summed E-state index contributed by atoms with van der Waals surface area (Å²) in [5, 5.41) is 5.96. The van der Waals surface area contributed by atoms with Gasteiger partial charge in [0.15, 0.2) is 5.82 Å². The molecule has 0 aliphatic carbocycles. The van der Waals surface area contributed by atoms with E-state index >= 15 is 0 Å². The van der Waals surface area contributed by atoms with Gasteiger partial charge in [0.05, 0.1) is 18.8 Å². The zero-order valence-electron chi connectivity index (χ0n) is 11.3. The second-order valence-corrected chi connectivity index (χ2v) is 5.39. The zero-order valence-corrected chi connectivity index (χ0v) is 12.1. The van der Waals surface area contributed by atoms with Gasteiger partial charge in [-0.15, -0.1) is 11.8 Å². The molecule has 0 unspecified atom stereocenters. The van der Waals surface area contributed by atoms with Crippen molar-refractivity contribution in [3.8, 4) is 0 Å². The molecule has 0 atom stereocenters. The number of aryl methyl sites for hydroxylation is 1. The molecule has 0 spiro atoms. The highest BCUT2D eigenvalue weighted by Gasteiger charge is 2.26. The molecule has 1 N–H and O–H groups in total. The molecule has 0 radical (unpaired) electrons.